The van der Waals surface area contributed by atoms with Gasteiger partial charge in [-0.1, -0.05) is 38.1 Å². The Balaban J connectivity index is 1.83. The standard InChI is InChI=1S/C18H28N2/c1-13-9-10-20(12-14(13)2)18(11-19)17-6-4-3-5-16(17)15-7-8-15/h3-6,13-15,18H,7-12,19H2,1-2H3. The Morgan fingerprint density at radius 3 is 2.55 bits per heavy atom. The third-order valence-electron chi connectivity index (χ3n) is 5.40. The smallest absolute Gasteiger partial charge is 0.0473 e. The van der Waals surface area contributed by atoms with Crippen LogP contribution >= 0.6 is 0 Å². The van der Waals surface area contributed by atoms with E-state index in [-0.39, 0.29) is 0 Å². The Morgan fingerprint density at radius 2 is 1.90 bits per heavy atom. The zero-order chi connectivity index (χ0) is 14.1. The monoisotopic (exact) mass is 272 g/mol. The number of likely N-dealkylation sites (tertiary alicyclic amines) is 1. The molecule has 2 fully saturated rings. The molecule has 1 saturated carbocycles. The first kappa shape index (κ1) is 14.1. The van der Waals surface area contributed by atoms with Crippen LogP contribution in [0.25, 0.3) is 0 Å². The molecule has 0 amide bonds. The highest BCUT2D eigenvalue weighted by Gasteiger charge is 2.32. The molecule has 1 aliphatic carbocycles. The van der Waals surface area contributed by atoms with Gasteiger partial charge in [-0.3, -0.25) is 4.90 Å². The number of piperidine rings is 1. The number of benzene rings is 1. The van der Waals surface area contributed by atoms with Crippen LogP contribution in [0.2, 0.25) is 0 Å². The lowest BCUT2D eigenvalue weighted by Gasteiger charge is -2.40. The van der Waals surface area contributed by atoms with Crippen LogP contribution in [0.3, 0.4) is 0 Å². The van der Waals surface area contributed by atoms with Gasteiger partial charge in [0.1, 0.15) is 0 Å². The highest BCUT2D eigenvalue weighted by Crippen LogP contribution is 2.44. The summed E-state index contributed by atoms with van der Waals surface area (Å²) in [7, 11) is 0. The minimum atomic E-state index is 0.418. The Kier molecular flexibility index (Phi) is 4.13. The number of rotatable bonds is 4. The molecule has 1 saturated heterocycles. The van der Waals surface area contributed by atoms with Crippen LogP contribution in [0.5, 0.6) is 0 Å². The minimum absolute atomic E-state index is 0.418. The van der Waals surface area contributed by atoms with Gasteiger partial charge in [-0.25, -0.2) is 0 Å². The molecular weight excluding hydrogens is 244 g/mol. The fourth-order valence-electron chi connectivity index (χ4n) is 3.63. The van der Waals surface area contributed by atoms with Gasteiger partial charge >= 0.3 is 0 Å². The molecule has 2 heteroatoms. The molecule has 0 bridgehead atoms. The van der Waals surface area contributed by atoms with Gasteiger partial charge in [-0.2, -0.15) is 0 Å². The minimum Gasteiger partial charge on any atom is -0.329 e. The van der Waals surface area contributed by atoms with Crippen molar-refractivity contribution in [1.82, 2.24) is 4.90 Å². The first-order valence-electron chi connectivity index (χ1n) is 8.23. The summed E-state index contributed by atoms with van der Waals surface area (Å²) in [5.41, 5.74) is 9.23. The lowest BCUT2D eigenvalue weighted by atomic mass is 9.86. The van der Waals surface area contributed by atoms with Gasteiger partial charge in [0, 0.05) is 19.1 Å². The van der Waals surface area contributed by atoms with E-state index in [2.05, 4.69) is 43.0 Å². The van der Waals surface area contributed by atoms with Crippen molar-refractivity contribution in [3.05, 3.63) is 35.4 Å². The van der Waals surface area contributed by atoms with Crippen LogP contribution in [0.15, 0.2) is 24.3 Å². The van der Waals surface area contributed by atoms with Crippen LogP contribution in [0, 0.1) is 11.8 Å². The van der Waals surface area contributed by atoms with Crippen LogP contribution in [0.1, 0.15) is 56.2 Å². The fourth-order valence-corrected chi connectivity index (χ4v) is 3.63. The van der Waals surface area contributed by atoms with E-state index in [1.54, 1.807) is 5.56 Å². The predicted molar refractivity (Wildman–Crippen MR) is 84.7 cm³/mol. The summed E-state index contributed by atoms with van der Waals surface area (Å²) in [6.45, 7) is 7.91. The summed E-state index contributed by atoms with van der Waals surface area (Å²) < 4.78 is 0. The Labute approximate surface area is 123 Å². The summed E-state index contributed by atoms with van der Waals surface area (Å²) in [5, 5.41) is 0. The topological polar surface area (TPSA) is 29.3 Å². The molecule has 0 spiro atoms. The molecule has 1 aromatic carbocycles. The van der Waals surface area contributed by atoms with E-state index >= 15 is 0 Å². The molecule has 110 valence electrons. The molecule has 1 aliphatic heterocycles. The van der Waals surface area contributed by atoms with Crippen LogP contribution in [0.4, 0.5) is 0 Å². The summed E-state index contributed by atoms with van der Waals surface area (Å²) in [6, 6.07) is 9.42. The average molecular weight is 272 g/mol. The van der Waals surface area contributed by atoms with E-state index in [4.69, 9.17) is 5.73 Å². The van der Waals surface area contributed by atoms with Gasteiger partial charge in [0.2, 0.25) is 0 Å². The summed E-state index contributed by atoms with van der Waals surface area (Å²) in [5.74, 6) is 2.44. The molecule has 1 aromatic rings. The van der Waals surface area contributed by atoms with Gasteiger partial charge < -0.3 is 5.73 Å². The van der Waals surface area contributed by atoms with Gasteiger partial charge in [0.15, 0.2) is 0 Å². The van der Waals surface area contributed by atoms with Crippen molar-refractivity contribution >= 4 is 0 Å². The number of hydrogen-bond donors (Lipinski definition) is 1. The third-order valence-corrected chi connectivity index (χ3v) is 5.40. The average Bonchev–Trinajstić information content (AvgIpc) is 3.29. The van der Waals surface area contributed by atoms with Crippen molar-refractivity contribution in [2.75, 3.05) is 19.6 Å². The molecule has 20 heavy (non-hydrogen) atoms. The van der Waals surface area contributed by atoms with Gasteiger partial charge in [0.25, 0.3) is 0 Å². The van der Waals surface area contributed by atoms with E-state index in [9.17, 15) is 0 Å². The molecule has 2 aliphatic rings. The molecule has 1 heterocycles. The highest BCUT2D eigenvalue weighted by molar-refractivity contribution is 5.36. The lowest BCUT2D eigenvalue weighted by Crippen LogP contribution is -2.43. The van der Waals surface area contributed by atoms with Gasteiger partial charge in [-0.05, 0) is 54.7 Å². The lowest BCUT2D eigenvalue weighted by molar-refractivity contribution is 0.0979. The Hall–Kier alpha value is -0.860. The Bertz CT molecular complexity index is 452. The van der Waals surface area contributed by atoms with Crippen molar-refractivity contribution in [3.63, 3.8) is 0 Å². The van der Waals surface area contributed by atoms with E-state index in [1.807, 2.05) is 0 Å². The van der Waals surface area contributed by atoms with Crippen molar-refractivity contribution < 1.29 is 0 Å². The second-order valence-electron chi connectivity index (χ2n) is 6.89. The molecule has 2 N–H and O–H groups in total. The molecular formula is C18H28N2. The summed E-state index contributed by atoms with van der Waals surface area (Å²) >= 11 is 0. The summed E-state index contributed by atoms with van der Waals surface area (Å²) in [6.07, 6.45) is 4.03. The van der Waals surface area contributed by atoms with Crippen molar-refractivity contribution in [2.24, 2.45) is 17.6 Å². The fraction of sp³-hybridized carbons (Fsp3) is 0.667. The molecule has 0 radical (unpaired) electrons. The maximum atomic E-state index is 6.16. The van der Waals surface area contributed by atoms with Crippen LogP contribution in [-0.4, -0.2) is 24.5 Å². The zero-order valence-corrected chi connectivity index (χ0v) is 12.9. The third kappa shape index (κ3) is 2.77. The maximum absolute atomic E-state index is 6.16. The van der Waals surface area contributed by atoms with Crippen molar-refractivity contribution in [2.45, 2.75) is 45.1 Å². The Morgan fingerprint density at radius 1 is 1.15 bits per heavy atom. The first-order valence-corrected chi connectivity index (χ1v) is 8.23. The van der Waals surface area contributed by atoms with Crippen molar-refractivity contribution in [1.29, 1.82) is 0 Å². The van der Waals surface area contributed by atoms with E-state index < -0.39 is 0 Å². The number of hydrogen-bond acceptors (Lipinski definition) is 2. The zero-order valence-electron chi connectivity index (χ0n) is 12.9. The van der Waals surface area contributed by atoms with Crippen molar-refractivity contribution in [3.8, 4) is 0 Å². The predicted octanol–water partition coefficient (Wildman–Crippen LogP) is 3.54. The quantitative estimate of drug-likeness (QED) is 0.908. The van der Waals surface area contributed by atoms with Crippen LogP contribution in [-0.2, 0) is 0 Å². The van der Waals surface area contributed by atoms with E-state index in [1.165, 1.54) is 37.9 Å². The largest absolute Gasteiger partial charge is 0.329 e. The molecule has 3 atom stereocenters. The number of nitrogens with zero attached hydrogens (tertiary/aromatic N) is 1. The SMILES string of the molecule is CC1CCN(C(CN)c2ccccc2C2CC2)CC1C. The van der Waals surface area contributed by atoms with E-state index in [0.717, 1.165) is 24.3 Å². The highest BCUT2D eigenvalue weighted by atomic mass is 15.2. The molecule has 0 aromatic heterocycles. The molecule has 3 unspecified atom stereocenters. The second-order valence-corrected chi connectivity index (χ2v) is 6.89. The molecule has 3 rings (SSSR count). The van der Waals surface area contributed by atoms with Gasteiger partial charge in [0.05, 0.1) is 0 Å². The van der Waals surface area contributed by atoms with E-state index in [0.29, 0.717) is 6.04 Å². The first-order chi connectivity index (χ1) is 9.70. The number of nitrogens with two attached hydrogens (primary N) is 1. The summed E-state index contributed by atoms with van der Waals surface area (Å²) in [4.78, 5) is 2.63. The normalized spacial score (nSPS) is 29.4. The second kappa shape index (κ2) is 5.87. The van der Waals surface area contributed by atoms with Gasteiger partial charge in [-0.15, -0.1) is 0 Å². The van der Waals surface area contributed by atoms with Crippen LogP contribution < -0.4 is 5.73 Å². The maximum Gasteiger partial charge on any atom is 0.0473 e. The molecule has 2 nitrogen and oxygen atoms in total.